The number of urea groups is 1. The molecule has 3 N–H and O–H groups in total. The van der Waals surface area contributed by atoms with Crippen molar-refractivity contribution in [2.24, 2.45) is 0 Å². The summed E-state index contributed by atoms with van der Waals surface area (Å²) in [7, 11) is 0. The van der Waals surface area contributed by atoms with E-state index in [4.69, 9.17) is 5.11 Å². The summed E-state index contributed by atoms with van der Waals surface area (Å²) in [6.45, 7) is 1.52. The van der Waals surface area contributed by atoms with Gasteiger partial charge in [-0.05, 0) is 54.0 Å². The maximum Gasteiger partial charge on any atom is 0.335 e. The summed E-state index contributed by atoms with van der Waals surface area (Å²) >= 11 is 0. The van der Waals surface area contributed by atoms with Crippen LogP contribution >= 0.6 is 0 Å². The Morgan fingerprint density at radius 1 is 0.971 bits per heavy atom. The van der Waals surface area contributed by atoms with Gasteiger partial charge in [0.25, 0.3) is 5.91 Å². The fourth-order valence-electron chi connectivity index (χ4n) is 3.47. The number of rotatable bonds is 6. The SMILES string of the molecule is Cc1ccc(NC(=O)CN2C(=O)N/C(=C\c3ccc(-c4cccc(C(=O)O)c4)cc3)C2=O)cc1. The molecular weight excluding hydrogens is 434 g/mol. The molecule has 3 aromatic carbocycles. The van der Waals surface area contributed by atoms with E-state index in [1.165, 1.54) is 12.1 Å². The first kappa shape index (κ1) is 22.5. The van der Waals surface area contributed by atoms with Gasteiger partial charge in [-0.3, -0.25) is 9.59 Å². The van der Waals surface area contributed by atoms with Crippen molar-refractivity contribution in [3.63, 3.8) is 0 Å². The van der Waals surface area contributed by atoms with Crippen molar-refractivity contribution < 1.29 is 24.3 Å². The Morgan fingerprint density at radius 2 is 1.68 bits per heavy atom. The lowest BCUT2D eigenvalue weighted by molar-refractivity contribution is -0.127. The van der Waals surface area contributed by atoms with Crippen LogP contribution in [0.25, 0.3) is 17.2 Å². The number of carbonyl (C=O) groups is 4. The predicted molar refractivity (Wildman–Crippen MR) is 127 cm³/mol. The Morgan fingerprint density at radius 3 is 2.35 bits per heavy atom. The molecule has 1 aliphatic rings. The standard InChI is InChI=1S/C26H21N3O5/c1-16-5-11-21(12-6-16)27-23(30)15-29-24(31)22(28-26(29)34)13-17-7-9-18(10-8-17)19-3-2-4-20(14-19)25(32)33/h2-14H,15H2,1H3,(H,27,30)(H,28,34)(H,32,33)/b22-13-. The van der Waals surface area contributed by atoms with Crippen molar-refractivity contribution in [3.8, 4) is 11.1 Å². The van der Waals surface area contributed by atoms with Crippen molar-refractivity contribution in [1.29, 1.82) is 0 Å². The van der Waals surface area contributed by atoms with Crippen LogP contribution in [0.15, 0.2) is 78.5 Å². The molecule has 0 aliphatic carbocycles. The number of hydrogen-bond donors (Lipinski definition) is 3. The summed E-state index contributed by atoms with van der Waals surface area (Å²) in [5.41, 5.74) is 4.09. The normalized spacial score (nSPS) is 14.3. The number of amides is 4. The van der Waals surface area contributed by atoms with Gasteiger partial charge < -0.3 is 15.7 Å². The average molecular weight is 455 g/mol. The molecular formula is C26H21N3O5. The molecule has 0 saturated carbocycles. The first-order chi connectivity index (χ1) is 16.3. The average Bonchev–Trinajstić information content (AvgIpc) is 3.08. The first-order valence-electron chi connectivity index (χ1n) is 10.4. The fourth-order valence-corrected chi connectivity index (χ4v) is 3.47. The lowest BCUT2D eigenvalue weighted by Gasteiger charge is -2.12. The monoisotopic (exact) mass is 455 g/mol. The molecule has 34 heavy (non-hydrogen) atoms. The number of anilines is 1. The van der Waals surface area contributed by atoms with Crippen molar-refractivity contribution in [2.45, 2.75) is 6.92 Å². The fraction of sp³-hybridized carbons (Fsp3) is 0.0769. The highest BCUT2D eigenvalue weighted by molar-refractivity contribution is 6.16. The van der Waals surface area contributed by atoms with E-state index in [0.29, 0.717) is 11.3 Å². The number of aromatic carboxylic acids is 1. The number of benzene rings is 3. The quantitative estimate of drug-likeness (QED) is 0.385. The number of aryl methyl sites for hydroxylation is 1. The number of hydrogen-bond acceptors (Lipinski definition) is 4. The molecule has 4 amide bonds. The number of nitrogens with one attached hydrogen (secondary N) is 2. The molecule has 4 rings (SSSR count). The lowest BCUT2D eigenvalue weighted by atomic mass is 10.0. The van der Waals surface area contributed by atoms with Gasteiger partial charge in [0.05, 0.1) is 5.56 Å². The zero-order valence-electron chi connectivity index (χ0n) is 18.2. The van der Waals surface area contributed by atoms with Crippen LogP contribution in [-0.4, -0.2) is 40.4 Å². The second-order valence-corrected chi connectivity index (χ2v) is 7.80. The Balaban J connectivity index is 1.44. The van der Waals surface area contributed by atoms with E-state index in [1.807, 2.05) is 19.1 Å². The second kappa shape index (κ2) is 9.41. The van der Waals surface area contributed by atoms with E-state index in [1.54, 1.807) is 54.6 Å². The van der Waals surface area contributed by atoms with Crippen molar-refractivity contribution in [3.05, 3.63) is 95.2 Å². The van der Waals surface area contributed by atoms with Crippen molar-refractivity contribution in [1.82, 2.24) is 10.2 Å². The van der Waals surface area contributed by atoms with Crippen LogP contribution in [0.4, 0.5) is 10.5 Å². The Kier molecular flexibility index (Phi) is 6.22. The largest absolute Gasteiger partial charge is 0.478 e. The van der Waals surface area contributed by atoms with E-state index in [9.17, 15) is 19.2 Å². The zero-order chi connectivity index (χ0) is 24.2. The van der Waals surface area contributed by atoms with Crippen LogP contribution in [0.5, 0.6) is 0 Å². The highest BCUT2D eigenvalue weighted by atomic mass is 16.4. The molecule has 1 heterocycles. The van der Waals surface area contributed by atoms with Gasteiger partial charge >= 0.3 is 12.0 Å². The summed E-state index contributed by atoms with van der Waals surface area (Å²) in [6, 6.07) is 20.2. The molecule has 170 valence electrons. The lowest BCUT2D eigenvalue weighted by Crippen LogP contribution is -2.38. The number of nitrogens with zero attached hydrogens (tertiary/aromatic N) is 1. The topological polar surface area (TPSA) is 116 Å². The van der Waals surface area contributed by atoms with Gasteiger partial charge in [-0.15, -0.1) is 0 Å². The predicted octanol–water partition coefficient (Wildman–Crippen LogP) is 3.89. The summed E-state index contributed by atoms with van der Waals surface area (Å²) < 4.78 is 0. The maximum atomic E-state index is 12.7. The minimum absolute atomic E-state index is 0.0637. The highest BCUT2D eigenvalue weighted by Gasteiger charge is 2.34. The first-order valence-corrected chi connectivity index (χ1v) is 10.4. The van der Waals surface area contributed by atoms with Crippen molar-refractivity contribution >= 4 is 35.6 Å². The molecule has 0 spiro atoms. The van der Waals surface area contributed by atoms with E-state index < -0.39 is 30.4 Å². The van der Waals surface area contributed by atoms with E-state index in [2.05, 4.69) is 10.6 Å². The smallest absolute Gasteiger partial charge is 0.335 e. The summed E-state index contributed by atoms with van der Waals surface area (Å²) in [4.78, 5) is 49.3. The molecule has 0 radical (unpaired) electrons. The van der Waals surface area contributed by atoms with Gasteiger partial charge in [0, 0.05) is 5.69 Å². The van der Waals surface area contributed by atoms with Gasteiger partial charge in [-0.1, -0.05) is 54.1 Å². The highest BCUT2D eigenvalue weighted by Crippen LogP contribution is 2.22. The van der Waals surface area contributed by atoms with Crippen LogP contribution in [0.2, 0.25) is 0 Å². The van der Waals surface area contributed by atoms with E-state index in [0.717, 1.165) is 21.6 Å². The molecule has 0 aromatic heterocycles. The van der Waals surface area contributed by atoms with Crippen LogP contribution in [0.1, 0.15) is 21.5 Å². The van der Waals surface area contributed by atoms with Crippen LogP contribution in [0, 0.1) is 6.92 Å². The molecule has 3 aromatic rings. The Bertz CT molecular complexity index is 1310. The molecule has 1 aliphatic heterocycles. The van der Waals surface area contributed by atoms with Gasteiger partial charge in [-0.25, -0.2) is 14.5 Å². The zero-order valence-corrected chi connectivity index (χ0v) is 18.2. The minimum atomic E-state index is -1.00. The third-order valence-electron chi connectivity index (χ3n) is 5.26. The molecule has 1 fully saturated rings. The van der Waals surface area contributed by atoms with Gasteiger partial charge in [-0.2, -0.15) is 0 Å². The van der Waals surface area contributed by atoms with E-state index in [-0.39, 0.29) is 11.3 Å². The molecule has 0 unspecified atom stereocenters. The molecule has 0 bridgehead atoms. The molecule has 0 atom stereocenters. The van der Waals surface area contributed by atoms with Gasteiger partial charge in [0.15, 0.2) is 0 Å². The maximum absolute atomic E-state index is 12.7. The van der Waals surface area contributed by atoms with Gasteiger partial charge in [0.1, 0.15) is 12.2 Å². The summed E-state index contributed by atoms with van der Waals surface area (Å²) in [6.07, 6.45) is 1.52. The van der Waals surface area contributed by atoms with Crippen LogP contribution in [0.3, 0.4) is 0 Å². The molecule has 1 saturated heterocycles. The van der Waals surface area contributed by atoms with Gasteiger partial charge in [0.2, 0.25) is 5.91 Å². The second-order valence-electron chi connectivity index (χ2n) is 7.80. The molecule has 8 heteroatoms. The number of carboxylic acid groups (broad SMARTS) is 1. The number of imide groups is 1. The van der Waals surface area contributed by atoms with Crippen LogP contribution < -0.4 is 10.6 Å². The number of carboxylic acids is 1. The third-order valence-corrected chi connectivity index (χ3v) is 5.26. The Labute approximate surface area is 195 Å². The van der Waals surface area contributed by atoms with Crippen LogP contribution in [-0.2, 0) is 9.59 Å². The third kappa shape index (κ3) is 5.02. The molecule has 8 nitrogen and oxygen atoms in total. The number of carbonyl (C=O) groups excluding carboxylic acids is 3. The Hall–Kier alpha value is -4.72. The summed E-state index contributed by atoms with van der Waals surface area (Å²) in [5.74, 6) is -2.08. The minimum Gasteiger partial charge on any atom is -0.478 e. The van der Waals surface area contributed by atoms with E-state index >= 15 is 0 Å². The summed E-state index contributed by atoms with van der Waals surface area (Å²) in [5, 5.41) is 14.3. The van der Waals surface area contributed by atoms with Crippen molar-refractivity contribution in [2.75, 3.05) is 11.9 Å².